The van der Waals surface area contributed by atoms with Gasteiger partial charge in [-0.2, -0.15) is 13.2 Å². The second-order valence-corrected chi connectivity index (χ2v) is 7.61. The number of halogens is 4. The van der Waals surface area contributed by atoms with Crippen LogP contribution in [0.1, 0.15) is 32.7 Å². The monoisotopic (exact) mass is 459 g/mol. The lowest BCUT2D eigenvalue weighted by Crippen LogP contribution is -2.07. The van der Waals surface area contributed by atoms with Crippen LogP contribution < -0.4 is 4.74 Å². The summed E-state index contributed by atoms with van der Waals surface area (Å²) in [7, 11) is 3.17. The van der Waals surface area contributed by atoms with Gasteiger partial charge >= 0.3 is 6.18 Å². The summed E-state index contributed by atoms with van der Waals surface area (Å²) < 4.78 is 45.6. The first-order valence-electron chi connectivity index (χ1n) is 9.52. The van der Waals surface area contributed by atoms with Crippen molar-refractivity contribution in [3.8, 4) is 5.88 Å². The molecule has 0 unspecified atom stereocenters. The Morgan fingerprint density at radius 2 is 1.88 bits per heavy atom. The summed E-state index contributed by atoms with van der Waals surface area (Å²) in [6, 6.07) is 9.81. The van der Waals surface area contributed by atoms with E-state index in [1.54, 1.807) is 29.8 Å². The van der Waals surface area contributed by atoms with Crippen molar-refractivity contribution in [1.82, 2.24) is 14.5 Å². The molecule has 9 heteroatoms. The van der Waals surface area contributed by atoms with Crippen LogP contribution in [0.5, 0.6) is 5.88 Å². The first-order valence-corrected chi connectivity index (χ1v) is 9.90. The number of ketones is 1. The zero-order valence-electron chi connectivity index (χ0n) is 17.1. The fourth-order valence-corrected chi connectivity index (χ4v) is 3.74. The van der Waals surface area contributed by atoms with Gasteiger partial charge in [0.25, 0.3) is 0 Å². The molecule has 0 aliphatic heterocycles. The molecule has 0 spiro atoms. The van der Waals surface area contributed by atoms with Crippen molar-refractivity contribution in [3.05, 3.63) is 88.0 Å². The highest BCUT2D eigenvalue weighted by Gasteiger charge is 2.30. The van der Waals surface area contributed by atoms with E-state index in [-0.39, 0.29) is 18.1 Å². The third kappa shape index (κ3) is 4.05. The number of hydrogen-bond acceptors (Lipinski definition) is 4. The van der Waals surface area contributed by atoms with Crippen LogP contribution in [-0.4, -0.2) is 27.4 Å². The largest absolute Gasteiger partial charge is 0.481 e. The van der Waals surface area contributed by atoms with Crippen LogP contribution in [0.15, 0.2) is 55.0 Å². The lowest BCUT2D eigenvalue weighted by atomic mass is 10.0. The number of rotatable bonds is 5. The third-order valence-electron chi connectivity index (χ3n) is 5.15. The number of ether oxygens (including phenoxy) is 1. The minimum atomic E-state index is -4.41. The molecule has 0 atom stereocenters. The third-order valence-corrected chi connectivity index (χ3v) is 5.58. The van der Waals surface area contributed by atoms with Gasteiger partial charge in [0.2, 0.25) is 11.7 Å². The Bertz CT molecular complexity index is 1310. The fraction of sp³-hybridized carbons (Fsp3) is 0.174. The van der Waals surface area contributed by atoms with E-state index in [9.17, 15) is 18.0 Å². The van der Waals surface area contributed by atoms with Gasteiger partial charge in [-0.3, -0.25) is 4.79 Å². The smallest absolute Gasteiger partial charge is 0.416 e. The van der Waals surface area contributed by atoms with E-state index in [0.29, 0.717) is 38.3 Å². The van der Waals surface area contributed by atoms with Gasteiger partial charge in [0.15, 0.2) is 0 Å². The van der Waals surface area contributed by atoms with Gasteiger partial charge < -0.3 is 9.30 Å². The van der Waals surface area contributed by atoms with Crippen LogP contribution in [0.4, 0.5) is 13.2 Å². The van der Waals surface area contributed by atoms with Crippen LogP contribution in [0.3, 0.4) is 0 Å². The van der Waals surface area contributed by atoms with Crippen LogP contribution in [0.2, 0.25) is 5.02 Å². The maximum Gasteiger partial charge on any atom is 0.416 e. The molecule has 32 heavy (non-hydrogen) atoms. The summed E-state index contributed by atoms with van der Waals surface area (Å²) >= 11 is 6.68. The summed E-state index contributed by atoms with van der Waals surface area (Å²) in [5, 5.41) is 0.869. The lowest BCUT2D eigenvalue weighted by molar-refractivity contribution is -0.137. The van der Waals surface area contributed by atoms with Gasteiger partial charge in [-0.15, -0.1) is 0 Å². The molecule has 0 fully saturated rings. The molecule has 164 valence electrons. The van der Waals surface area contributed by atoms with Crippen molar-refractivity contribution < 1.29 is 22.7 Å². The van der Waals surface area contributed by atoms with Crippen molar-refractivity contribution in [2.75, 3.05) is 7.11 Å². The highest BCUT2D eigenvalue weighted by atomic mass is 35.5. The first-order chi connectivity index (χ1) is 15.2. The number of imidazole rings is 1. The van der Waals surface area contributed by atoms with Gasteiger partial charge in [0.1, 0.15) is 5.69 Å². The summed E-state index contributed by atoms with van der Waals surface area (Å²) in [6.45, 7) is 0. The minimum Gasteiger partial charge on any atom is -0.481 e. The summed E-state index contributed by atoms with van der Waals surface area (Å²) in [6.07, 6.45) is -1.18. The van der Waals surface area contributed by atoms with Crippen molar-refractivity contribution in [2.45, 2.75) is 12.6 Å². The molecule has 0 saturated carbocycles. The molecule has 0 amide bonds. The Morgan fingerprint density at radius 3 is 2.47 bits per heavy atom. The number of alkyl halides is 3. The Morgan fingerprint density at radius 1 is 1.16 bits per heavy atom. The van der Waals surface area contributed by atoms with E-state index in [0.717, 1.165) is 12.1 Å². The molecule has 2 aromatic heterocycles. The van der Waals surface area contributed by atoms with Crippen molar-refractivity contribution >= 4 is 28.3 Å². The molecule has 5 nitrogen and oxygen atoms in total. The second kappa shape index (κ2) is 8.27. The number of aryl methyl sites for hydroxylation is 1. The molecule has 2 heterocycles. The molecule has 0 bridgehead atoms. The van der Waals surface area contributed by atoms with Gasteiger partial charge in [-0.05, 0) is 35.9 Å². The van der Waals surface area contributed by atoms with E-state index in [4.69, 9.17) is 16.3 Å². The average Bonchev–Trinajstić information content (AvgIpc) is 3.20. The maximum absolute atomic E-state index is 12.9. The second-order valence-electron chi connectivity index (χ2n) is 7.24. The number of methoxy groups -OCH3 is 1. The molecule has 4 rings (SSSR count). The number of carbonyl (C=O) groups is 1. The maximum atomic E-state index is 12.9. The number of benzene rings is 2. The molecule has 2 aromatic carbocycles. The molecule has 0 radical (unpaired) electrons. The van der Waals surface area contributed by atoms with E-state index in [1.165, 1.54) is 31.8 Å². The van der Waals surface area contributed by atoms with E-state index in [1.807, 2.05) is 0 Å². The fourth-order valence-electron chi connectivity index (χ4n) is 3.45. The Hall–Kier alpha value is -3.39. The van der Waals surface area contributed by atoms with Crippen LogP contribution in [0, 0.1) is 0 Å². The average molecular weight is 460 g/mol. The summed E-state index contributed by atoms with van der Waals surface area (Å²) in [4.78, 5) is 21.3. The number of nitrogens with zero attached hydrogens (tertiary/aromatic N) is 3. The Labute approximate surface area is 186 Å². The Kier molecular flexibility index (Phi) is 5.64. The van der Waals surface area contributed by atoms with E-state index >= 15 is 0 Å². The predicted molar refractivity (Wildman–Crippen MR) is 114 cm³/mol. The highest BCUT2D eigenvalue weighted by Crippen LogP contribution is 2.35. The molecule has 0 N–H and O–H groups in total. The van der Waals surface area contributed by atoms with Crippen LogP contribution >= 0.6 is 11.6 Å². The SMILES string of the molecule is COc1nc2ccc(C(=O)c3cncn3C)cc2c(Cl)c1Cc1ccc(C(F)(F)F)cc1. The number of fused-ring (bicyclic) bond motifs is 1. The first kappa shape index (κ1) is 21.8. The standard InChI is InChI=1S/C23H17ClF3N3O2/c1-30-12-28-11-19(30)21(31)14-5-8-18-16(10-14)20(24)17(22(29-18)32-2)9-13-3-6-15(7-4-13)23(25,26)27/h3-8,10-12H,9H2,1-2H3. The van der Waals surface area contributed by atoms with Gasteiger partial charge in [-0.1, -0.05) is 23.7 Å². The van der Waals surface area contributed by atoms with Gasteiger partial charge in [0.05, 0.1) is 35.7 Å². The van der Waals surface area contributed by atoms with Crippen molar-refractivity contribution in [2.24, 2.45) is 7.05 Å². The highest BCUT2D eigenvalue weighted by molar-refractivity contribution is 6.36. The zero-order valence-corrected chi connectivity index (χ0v) is 17.8. The summed E-state index contributed by atoms with van der Waals surface area (Å²) in [5.41, 5.74) is 1.77. The number of aromatic nitrogens is 3. The number of carbonyl (C=O) groups excluding carboxylic acids is 1. The van der Waals surface area contributed by atoms with Crippen molar-refractivity contribution in [3.63, 3.8) is 0 Å². The summed E-state index contributed by atoms with van der Waals surface area (Å²) in [5.74, 6) is 0.0520. The predicted octanol–water partition coefficient (Wildman–Crippen LogP) is 5.47. The molecule has 4 aromatic rings. The minimum absolute atomic E-state index is 0.211. The lowest BCUT2D eigenvalue weighted by Gasteiger charge is -2.14. The molecule has 0 aliphatic carbocycles. The number of hydrogen-bond donors (Lipinski definition) is 0. The normalized spacial score (nSPS) is 11.7. The zero-order chi connectivity index (χ0) is 23.0. The topological polar surface area (TPSA) is 57.0 Å². The molecule has 0 aliphatic rings. The van der Waals surface area contributed by atoms with Gasteiger partial charge in [-0.25, -0.2) is 9.97 Å². The molecule has 0 saturated heterocycles. The number of pyridine rings is 1. The van der Waals surface area contributed by atoms with E-state index in [2.05, 4.69) is 9.97 Å². The molecular formula is C23H17ClF3N3O2. The van der Waals surface area contributed by atoms with E-state index < -0.39 is 11.7 Å². The van der Waals surface area contributed by atoms with Crippen LogP contribution in [0.25, 0.3) is 10.9 Å². The quantitative estimate of drug-likeness (QED) is 0.371. The van der Waals surface area contributed by atoms with Crippen LogP contribution in [-0.2, 0) is 19.6 Å². The van der Waals surface area contributed by atoms with Gasteiger partial charge in [0, 0.05) is 30.0 Å². The molecular weight excluding hydrogens is 443 g/mol. The Balaban J connectivity index is 1.76. The van der Waals surface area contributed by atoms with Crippen molar-refractivity contribution in [1.29, 1.82) is 0 Å².